The average molecular weight is 459 g/mol. The zero-order chi connectivity index (χ0) is 23.8. The van der Waals surface area contributed by atoms with E-state index < -0.39 is 31.4 Å². The van der Waals surface area contributed by atoms with E-state index in [9.17, 15) is 9.59 Å². The third-order valence-corrected chi connectivity index (χ3v) is 6.01. The van der Waals surface area contributed by atoms with Crippen molar-refractivity contribution in [2.24, 2.45) is 11.8 Å². The highest BCUT2D eigenvalue weighted by atomic mass is 16.6. The number of amides is 1. The first-order valence-electron chi connectivity index (χ1n) is 12.4. The number of alkyl carbamates (subject to hydrolysis) is 1. The van der Waals surface area contributed by atoms with Crippen molar-refractivity contribution in [2.45, 2.75) is 90.8 Å². The molecule has 0 aromatic carbocycles. The summed E-state index contributed by atoms with van der Waals surface area (Å²) in [6.07, 6.45) is 6.31. The molecule has 1 aliphatic rings. The summed E-state index contributed by atoms with van der Waals surface area (Å²) >= 11 is 0. The van der Waals surface area contributed by atoms with Gasteiger partial charge in [-0.2, -0.15) is 0 Å². The van der Waals surface area contributed by atoms with Crippen LogP contribution in [0.4, 0.5) is 4.79 Å². The molecule has 1 rings (SSSR count). The van der Waals surface area contributed by atoms with Gasteiger partial charge in [-0.1, -0.05) is 40.0 Å². The Bertz CT molecular complexity index is 507. The molecule has 1 heterocycles. The number of esters is 1. The number of aliphatic hydroxyl groups excluding tert-OH is 2. The second-order valence-electron chi connectivity index (χ2n) is 9.53. The number of nitrogens with one attached hydrogen (secondary N) is 1. The number of hydrogen-bond donors (Lipinski definition) is 3. The Morgan fingerprint density at radius 2 is 1.59 bits per heavy atom. The Balaban J connectivity index is 2.44. The number of carbonyl (C=O) groups is 2. The van der Waals surface area contributed by atoms with Crippen molar-refractivity contribution in [3.05, 3.63) is 0 Å². The molecule has 0 bridgehead atoms. The molecule has 0 aromatic rings. The third-order valence-electron chi connectivity index (χ3n) is 6.01. The lowest BCUT2D eigenvalue weighted by atomic mass is 9.94. The van der Waals surface area contributed by atoms with Crippen molar-refractivity contribution in [1.29, 1.82) is 0 Å². The van der Waals surface area contributed by atoms with Gasteiger partial charge in [0.05, 0.1) is 13.2 Å². The summed E-state index contributed by atoms with van der Waals surface area (Å²) in [6.45, 7) is 9.37. The van der Waals surface area contributed by atoms with Crippen molar-refractivity contribution in [3.8, 4) is 0 Å². The van der Waals surface area contributed by atoms with Crippen LogP contribution in [0.1, 0.15) is 78.6 Å². The number of rotatable bonds is 17. The predicted molar refractivity (Wildman–Crippen MR) is 124 cm³/mol. The van der Waals surface area contributed by atoms with E-state index in [0.29, 0.717) is 31.2 Å². The fourth-order valence-corrected chi connectivity index (χ4v) is 3.92. The van der Waals surface area contributed by atoms with Gasteiger partial charge < -0.3 is 29.9 Å². The quantitative estimate of drug-likeness (QED) is 0.287. The number of aliphatic hydroxyl groups is 2. The van der Waals surface area contributed by atoms with E-state index >= 15 is 0 Å². The van der Waals surface area contributed by atoms with Crippen LogP contribution >= 0.6 is 0 Å². The SMILES string of the molecule is CC(C)CCCC(C)CCC(CCC(=O)OC(CO)CO)OC(=O)NCCN1CCCC1. The lowest BCUT2D eigenvalue weighted by molar-refractivity contribution is -0.154. The molecule has 0 aromatic heterocycles. The van der Waals surface area contributed by atoms with Gasteiger partial charge in [0.25, 0.3) is 0 Å². The maximum atomic E-state index is 12.3. The van der Waals surface area contributed by atoms with E-state index in [1.54, 1.807) is 0 Å². The van der Waals surface area contributed by atoms with Crippen LogP contribution < -0.4 is 5.32 Å². The molecule has 2 unspecified atom stereocenters. The highest BCUT2D eigenvalue weighted by Crippen LogP contribution is 2.20. The normalized spacial score (nSPS) is 16.3. The summed E-state index contributed by atoms with van der Waals surface area (Å²) in [6, 6.07) is 0. The molecule has 0 saturated carbocycles. The predicted octanol–water partition coefficient (Wildman–Crippen LogP) is 3.10. The van der Waals surface area contributed by atoms with Crippen LogP contribution in [0.25, 0.3) is 0 Å². The molecule has 0 spiro atoms. The topological polar surface area (TPSA) is 108 Å². The maximum Gasteiger partial charge on any atom is 0.407 e. The standard InChI is InChI=1S/C24H46N2O6/c1-19(2)7-6-8-20(3)9-10-21(11-12-23(29)31-22(17-27)18-28)32-24(30)25-13-16-26-14-4-5-15-26/h19-22,27-28H,4-18H2,1-3H3,(H,25,30). The number of hydrogen-bond acceptors (Lipinski definition) is 7. The molecule has 1 aliphatic heterocycles. The minimum absolute atomic E-state index is 0.0734. The Morgan fingerprint density at radius 3 is 2.22 bits per heavy atom. The zero-order valence-electron chi connectivity index (χ0n) is 20.4. The molecule has 0 radical (unpaired) electrons. The Kier molecular flexibility index (Phi) is 15.3. The molecule has 188 valence electrons. The largest absolute Gasteiger partial charge is 0.457 e. The second kappa shape index (κ2) is 17.1. The van der Waals surface area contributed by atoms with Gasteiger partial charge in [0.1, 0.15) is 12.2 Å². The van der Waals surface area contributed by atoms with Gasteiger partial charge in [-0.05, 0) is 57.0 Å². The number of carbonyl (C=O) groups excluding carboxylic acids is 2. The van der Waals surface area contributed by atoms with E-state index in [1.807, 2.05) is 0 Å². The highest BCUT2D eigenvalue weighted by Gasteiger charge is 2.20. The monoisotopic (exact) mass is 458 g/mol. The van der Waals surface area contributed by atoms with Crippen molar-refractivity contribution in [2.75, 3.05) is 39.4 Å². The van der Waals surface area contributed by atoms with Crippen LogP contribution in [-0.4, -0.2) is 78.8 Å². The first kappa shape index (κ1) is 28.7. The van der Waals surface area contributed by atoms with E-state index in [0.717, 1.165) is 32.5 Å². The van der Waals surface area contributed by atoms with Gasteiger partial charge in [0, 0.05) is 19.5 Å². The summed E-state index contributed by atoms with van der Waals surface area (Å²) in [5.74, 6) is 0.722. The van der Waals surface area contributed by atoms with Gasteiger partial charge in [-0.25, -0.2) is 4.79 Å². The molecular formula is C24H46N2O6. The summed E-state index contributed by atoms with van der Waals surface area (Å²) in [5, 5.41) is 21.0. The van der Waals surface area contributed by atoms with E-state index in [4.69, 9.17) is 19.7 Å². The summed E-state index contributed by atoms with van der Waals surface area (Å²) in [7, 11) is 0. The van der Waals surface area contributed by atoms with Crippen molar-refractivity contribution >= 4 is 12.1 Å². The van der Waals surface area contributed by atoms with Gasteiger partial charge >= 0.3 is 12.1 Å². The van der Waals surface area contributed by atoms with Gasteiger partial charge in [0.2, 0.25) is 0 Å². The molecule has 2 atom stereocenters. The molecule has 1 amide bonds. The summed E-state index contributed by atoms with van der Waals surface area (Å²) < 4.78 is 10.7. The van der Waals surface area contributed by atoms with Crippen LogP contribution in [-0.2, 0) is 14.3 Å². The molecule has 32 heavy (non-hydrogen) atoms. The van der Waals surface area contributed by atoms with Crippen LogP contribution in [0.2, 0.25) is 0 Å². The number of likely N-dealkylation sites (tertiary alicyclic amines) is 1. The molecule has 8 heteroatoms. The molecular weight excluding hydrogens is 412 g/mol. The fraction of sp³-hybridized carbons (Fsp3) is 0.917. The fourth-order valence-electron chi connectivity index (χ4n) is 3.92. The molecule has 3 N–H and O–H groups in total. The van der Waals surface area contributed by atoms with Crippen molar-refractivity contribution < 1.29 is 29.3 Å². The first-order valence-corrected chi connectivity index (χ1v) is 12.4. The van der Waals surface area contributed by atoms with Crippen LogP contribution in [0.15, 0.2) is 0 Å². The molecule has 1 fully saturated rings. The number of ether oxygens (including phenoxy) is 2. The second-order valence-corrected chi connectivity index (χ2v) is 9.53. The summed E-state index contributed by atoms with van der Waals surface area (Å²) in [5.41, 5.74) is 0. The van der Waals surface area contributed by atoms with Crippen molar-refractivity contribution in [3.63, 3.8) is 0 Å². The maximum absolute atomic E-state index is 12.3. The third kappa shape index (κ3) is 13.9. The van der Waals surface area contributed by atoms with Gasteiger partial charge in [-0.15, -0.1) is 0 Å². The minimum atomic E-state index is -0.906. The van der Waals surface area contributed by atoms with Crippen LogP contribution in [0.5, 0.6) is 0 Å². The minimum Gasteiger partial charge on any atom is -0.457 e. The number of nitrogens with zero attached hydrogens (tertiary/aromatic N) is 1. The molecule has 8 nitrogen and oxygen atoms in total. The Morgan fingerprint density at radius 1 is 0.906 bits per heavy atom. The smallest absolute Gasteiger partial charge is 0.407 e. The highest BCUT2D eigenvalue weighted by molar-refractivity contribution is 5.70. The van der Waals surface area contributed by atoms with Crippen molar-refractivity contribution in [1.82, 2.24) is 10.2 Å². The lowest BCUT2D eigenvalue weighted by Gasteiger charge is -2.21. The lowest BCUT2D eigenvalue weighted by Crippen LogP contribution is -2.35. The zero-order valence-corrected chi connectivity index (χ0v) is 20.4. The molecule has 1 saturated heterocycles. The van der Waals surface area contributed by atoms with Crippen LogP contribution in [0, 0.1) is 11.8 Å². The Hall–Kier alpha value is -1.38. The van der Waals surface area contributed by atoms with Gasteiger partial charge in [0.15, 0.2) is 0 Å². The van der Waals surface area contributed by atoms with E-state index in [-0.39, 0.29) is 12.5 Å². The van der Waals surface area contributed by atoms with Crippen LogP contribution in [0.3, 0.4) is 0 Å². The molecule has 0 aliphatic carbocycles. The van der Waals surface area contributed by atoms with E-state index in [1.165, 1.54) is 25.7 Å². The van der Waals surface area contributed by atoms with Gasteiger partial charge in [-0.3, -0.25) is 4.79 Å². The summed E-state index contributed by atoms with van der Waals surface area (Å²) in [4.78, 5) is 26.6. The first-order chi connectivity index (χ1) is 15.3. The van der Waals surface area contributed by atoms with E-state index in [2.05, 4.69) is 31.0 Å². The Labute approximate surface area is 194 Å². The average Bonchev–Trinajstić information content (AvgIpc) is 3.27.